The molecule has 1 atom stereocenters. The van der Waals surface area contributed by atoms with Crippen LogP contribution in [0.5, 0.6) is 0 Å². The van der Waals surface area contributed by atoms with Crippen LogP contribution in [0, 0.1) is 0 Å². The number of hydrogen-bond donors (Lipinski definition) is 2. The van der Waals surface area contributed by atoms with Crippen LogP contribution in [0.4, 0.5) is 18.0 Å². The van der Waals surface area contributed by atoms with E-state index in [2.05, 4.69) is 5.32 Å². The summed E-state index contributed by atoms with van der Waals surface area (Å²) in [6.45, 7) is -1.97. The van der Waals surface area contributed by atoms with Crippen LogP contribution in [0.2, 0.25) is 0 Å². The Morgan fingerprint density at radius 2 is 1.32 bits per heavy atom. The van der Waals surface area contributed by atoms with Crippen LogP contribution < -0.4 is 10.6 Å². The number of rotatable bonds is 10. The molecule has 2 rings (SSSR count). The average Bonchev–Trinajstić information content (AvgIpc) is 2.83. The number of hydrogen-bond acceptors (Lipinski definition) is 7. The van der Waals surface area contributed by atoms with Crippen LogP contribution in [0.3, 0.4) is 0 Å². The highest BCUT2D eigenvalue weighted by Crippen LogP contribution is 2.15. The van der Waals surface area contributed by atoms with Gasteiger partial charge in [-0.1, -0.05) is 60.7 Å². The predicted octanol–water partition coefficient (Wildman–Crippen LogP) is 2.25. The fraction of sp³-hybridized carbons (Fsp3) is 0.273. The van der Waals surface area contributed by atoms with Crippen molar-refractivity contribution in [2.45, 2.75) is 25.4 Å². The van der Waals surface area contributed by atoms with E-state index >= 15 is 0 Å². The smallest absolute Gasteiger partial charge is 0.462 e. The van der Waals surface area contributed by atoms with Crippen LogP contribution in [0.1, 0.15) is 11.1 Å². The molecule has 2 aromatic carbocycles. The molecule has 0 aliphatic carbocycles. The maximum Gasteiger partial charge on any atom is 0.471 e. The summed E-state index contributed by atoms with van der Waals surface area (Å²) in [5, 5.41) is 3.52. The zero-order valence-corrected chi connectivity index (χ0v) is 17.7. The normalized spacial score (nSPS) is 11.6. The lowest BCUT2D eigenvalue weighted by molar-refractivity contribution is -0.177. The Hall–Kier alpha value is -4.09. The minimum atomic E-state index is -5.27. The first kappa shape index (κ1) is 26.2. The molecule has 0 heterocycles. The van der Waals surface area contributed by atoms with Crippen LogP contribution in [-0.4, -0.2) is 49.3 Å². The summed E-state index contributed by atoms with van der Waals surface area (Å²) in [4.78, 5) is 46.9. The number of benzene rings is 2. The van der Waals surface area contributed by atoms with E-state index in [0.717, 1.165) is 0 Å². The Kier molecular flexibility index (Phi) is 9.87. The van der Waals surface area contributed by atoms with Crippen molar-refractivity contribution in [1.82, 2.24) is 10.6 Å². The van der Waals surface area contributed by atoms with Crippen LogP contribution in [0.15, 0.2) is 60.7 Å². The van der Waals surface area contributed by atoms with Crippen molar-refractivity contribution < 1.29 is 46.6 Å². The van der Waals surface area contributed by atoms with Gasteiger partial charge >= 0.3 is 30.1 Å². The van der Waals surface area contributed by atoms with E-state index in [1.807, 2.05) is 0 Å². The molecular formula is C22H21F3N2O7. The number of carbonyl (C=O) groups excluding carboxylic acids is 4. The van der Waals surface area contributed by atoms with Gasteiger partial charge in [0.05, 0.1) is 0 Å². The molecule has 182 valence electrons. The maximum absolute atomic E-state index is 12.6. The van der Waals surface area contributed by atoms with Gasteiger partial charge in [-0.3, -0.25) is 9.59 Å². The number of esters is 2. The molecule has 0 aliphatic heterocycles. The Morgan fingerprint density at radius 1 is 0.794 bits per heavy atom. The molecule has 2 aromatic rings. The number of amides is 2. The summed E-state index contributed by atoms with van der Waals surface area (Å²) in [7, 11) is 0. The molecule has 2 N–H and O–H groups in total. The lowest BCUT2D eigenvalue weighted by Crippen LogP contribution is -2.50. The molecule has 0 saturated heterocycles. The van der Waals surface area contributed by atoms with Gasteiger partial charge in [0, 0.05) is 0 Å². The molecule has 0 aromatic heterocycles. The van der Waals surface area contributed by atoms with Gasteiger partial charge in [0.25, 0.3) is 0 Å². The number of carbonyl (C=O) groups is 4. The van der Waals surface area contributed by atoms with Gasteiger partial charge in [-0.2, -0.15) is 13.2 Å². The van der Waals surface area contributed by atoms with Gasteiger partial charge in [0.15, 0.2) is 6.04 Å². The molecule has 34 heavy (non-hydrogen) atoms. The highest BCUT2D eigenvalue weighted by atomic mass is 19.4. The van der Waals surface area contributed by atoms with E-state index in [1.165, 1.54) is 5.32 Å². The van der Waals surface area contributed by atoms with Gasteiger partial charge in [-0.05, 0) is 11.1 Å². The van der Waals surface area contributed by atoms with Gasteiger partial charge in [0.2, 0.25) is 0 Å². The van der Waals surface area contributed by atoms with E-state index in [4.69, 9.17) is 14.2 Å². The van der Waals surface area contributed by atoms with E-state index in [-0.39, 0.29) is 13.2 Å². The molecule has 0 spiro atoms. The van der Waals surface area contributed by atoms with E-state index in [0.29, 0.717) is 11.1 Å². The number of halogens is 3. The molecule has 0 unspecified atom stereocenters. The van der Waals surface area contributed by atoms with Gasteiger partial charge < -0.3 is 24.8 Å². The van der Waals surface area contributed by atoms with Crippen LogP contribution >= 0.6 is 0 Å². The van der Waals surface area contributed by atoms with E-state index in [9.17, 15) is 32.3 Å². The fourth-order valence-electron chi connectivity index (χ4n) is 2.38. The molecule has 0 bridgehead atoms. The Balaban J connectivity index is 1.83. The molecule has 9 nitrogen and oxygen atoms in total. The van der Waals surface area contributed by atoms with Crippen molar-refractivity contribution in [3.05, 3.63) is 71.8 Å². The summed E-state index contributed by atoms with van der Waals surface area (Å²) in [6.07, 6.45) is -6.21. The van der Waals surface area contributed by atoms with E-state index < -0.39 is 49.3 Å². The van der Waals surface area contributed by atoms with Crippen molar-refractivity contribution in [2.75, 3.05) is 13.2 Å². The fourth-order valence-corrected chi connectivity index (χ4v) is 2.38. The molecule has 0 saturated carbocycles. The minimum absolute atomic E-state index is 0.0550. The number of nitrogens with one attached hydrogen (secondary N) is 2. The summed E-state index contributed by atoms with van der Waals surface area (Å²) in [6, 6.07) is 15.0. The molecule has 0 aliphatic rings. The minimum Gasteiger partial charge on any atom is -0.462 e. The van der Waals surface area contributed by atoms with Crippen molar-refractivity contribution in [3.63, 3.8) is 0 Å². The molecule has 2 amide bonds. The molecular weight excluding hydrogens is 461 g/mol. The summed E-state index contributed by atoms with van der Waals surface area (Å²) in [5.41, 5.74) is 1.25. The quantitative estimate of drug-likeness (QED) is 0.394. The highest BCUT2D eigenvalue weighted by Gasteiger charge is 2.41. The molecule has 12 heteroatoms. The third-order valence-electron chi connectivity index (χ3n) is 4.07. The van der Waals surface area contributed by atoms with E-state index in [1.54, 1.807) is 60.7 Å². The zero-order chi connectivity index (χ0) is 25.0. The Morgan fingerprint density at radius 3 is 1.85 bits per heavy atom. The van der Waals surface area contributed by atoms with Crippen LogP contribution in [0.25, 0.3) is 0 Å². The lowest BCUT2D eigenvalue weighted by atomic mass is 10.2. The Labute approximate surface area is 192 Å². The third kappa shape index (κ3) is 9.59. The molecule has 0 fully saturated rings. The molecule has 0 radical (unpaired) electrons. The standard InChI is InChI=1S/C22H21F3N2O7/c23-22(24,25)20(30)27-17(19(29)33-12-15-7-3-1-4-8-15)14-32-18(28)11-26-21(31)34-13-16-9-5-2-6-10-16/h1-10,17H,11-14H2,(H,26,31)(H,27,30)/t17-/m0/s1. The second kappa shape index (κ2) is 12.8. The maximum atomic E-state index is 12.6. The first-order chi connectivity index (χ1) is 16.1. The summed E-state index contributed by atoms with van der Waals surface area (Å²) >= 11 is 0. The van der Waals surface area contributed by atoms with Crippen molar-refractivity contribution in [3.8, 4) is 0 Å². The topological polar surface area (TPSA) is 120 Å². The first-order valence-electron chi connectivity index (χ1n) is 9.83. The monoisotopic (exact) mass is 482 g/mol. The summed E-state index contributed by atoms with van der Waals surface area (Å²) in [5.74, 6) is -4.74. The van der Waals surface area contributed by atoms with Crippen molar-refractivity contribution in [2.24, 2.45) is 0 Å². The Bertz CT molecular complexity index is 969. The average molecular weight is 482 g/mol. The van der Waals surface area contributed by atoms with Crippen molar-refractivity contribution >= 4 is 23.9 Å². The second-order valence-electron chi connectivity index (χ2n) is 6.72. The highest BCUT2D eigenvalue weighted by molar-refractivity contribution is 5.88. The number of ether oxygens (including phenoxy) is 3. The zero-order valence-electron chi connectivity index (χ0n) is 17.7. The largest absolute Gasteiger partial charge is 0.471 e. The van der Waals surface area contributed by atoms with Crippen molar-refractivity contribution in [1.29, 1.82) is 0 Å². The lowest BCUT2D eigenvalue weighted by Gasteiger charge is -2.18. The van der Waals surface area contributed by atoms with Gasteiger partial charge in [-0.25, -0.2) is 9.59 Å². The number of alkyl halides is 3. The third-order valence-corrected chi connectivity index (χ3v) is 4.07. The van der Waals surface area contributed by atoms with Gasteiger partial charge in [-0.15, -0.1) is 0 Å². The number of alkyl carbamates (subject to hydrolysis) is 1. The first-order valence-corrected chi connectivity index (χ1v) is 9.83. The second-order valence-corrected chi connectivity index (χ2v) is 6.72. The summed E-state index contributed by atoms with van der Waals surface area (Å²) < 4.78 is 52.3. The van der Waals surface area contributed by atoms with Gasteiger partial charge in [0.1, 0.15) is 26.4 Å². The predicted molar refractivity (Wildman–Crippen MR) is 110 cm³/mol. The SMILES string of the molecule is O=C(CNC(=O)OCc1ccccc1)OC[C@H](NC(=O)C(F)(F)F)C(=O)OCc1ccccc1. The van der Waals surface area contributed by atoms with Crippen LogP contribution in [-0.2, 0) is 41.8 Å².